The van der Waals surface area contributed by atoms with Crippen LogP contribution < -0.4 is 5.32 Å². The van der Waals surface area contributed by atoms with E-state index in [4.69, 9.17) is 16.3 Å². The highest BCUT2D eigenvalue weighted by Gasteiger charge is 2.30. The summed E-state index contributed by atoms with van der Waals surface area (Å²) in [6.45, 7) is 5.02. The smallest absolute Gasteiger partial charge is 0.107 e. The van der Waals surface area contributed by atoms with E-state index in [1.165, 1.54) is 4.88 Å². The predicted octanol–water partition coefficient (Wildman–Crippen LogP) is 3.85. The minimum Gasteiger partial charge on any atom is -0.372 e. The van der Waals surface area contributed by atoms with Gasteiger partial charge in [0.1, 0.15) is 4.34 Å². The van der Waals surface area contributed by atoms with Crippen LogP contribution in [0.25, 0.3) is 0 Å². The Labute approximate surface area is 113 Å². The summed E-state index contributed by atoms with van der Waals surface area (Å²) >= 11 is 11.1. The maximum absolute atomic E-state index is 6.06. The minimum absolute atomic E-state index is 0.216. The molecule has 0 bridgehead atoms. The molecule has 1 aliphatic heterocycles. The highest BCUT2D eigenvalue weighted by atomic mass is 79.9. The first-order valence-electron chi connectivity index (χ1n) is 5.49. The number of thiophene rings is 1. The lowest BCUT2D eigenvalue weighted by atomic mass is 10.0. The largest absolute Gasteiger partial charge is 0.372 e. The molecule has 2 rings (SSSR count). The van der Waals surface area contributed by atoms with Crippen molar-refractivity contribution in [3.8, 4) is 0 Å². The molecule has 2 unspecified atom stereocenters. The molecule has 2 atom stereocenters. The van der Waals surface area contributed by atoms with Crippen LogP contribution in [-0.4, -0.2) is 19.7 Å². The number of nitrogens with one attached hydrogen (secondary N) is 1. The summed E-state index contributed by atoms with van der Waals surface area (Å²) in [7, 11) is 0. The molecule has 90 valence electrons. The molecule has 1 aromatic rings. The van der Waals surface area contributed by atoms with Crippen LogP contribution in [0, 0.1) is 5.92 Å². The van der Waals surface area contributed by atoms with E-state index in [0.29, 0.717) is 5.92 Å². The van der Waals surface area contributed by atoms with Gasteiger partial charge in [-0.1, -0.05) is 18.5 Å². The molecule has 0 radical (unpaired) electrons. The van der Waals surface area contributed by atoms with Crippen LogP contribution >= 0.6 is 38.9 Å². The molecule has 1 fully saturated rings. The van der Waals surface area contributed by atoms with E-state index in [9.17, 15) is 0 Å². The summed E-state index contributed by atoms with van der Waals surface area (Å²) in [4.78, 5) is 1.23. The van der Waals surface area contributed by atoms with Gasteiger partial charge in [-0.15, -0.1) is 11.3 Å². The van der Waals surface area contributed by atoms with E-state index in [1.54, 1.807) is 11.3 Å². The maximum Gasteiger partial charge on any atom is 0.107 e. The first kappa shape index (κ1) is 12.8. The topological polar surface area (TPSA) is 21.3 Å². The molecule has 2 heterocycles. The Kier molecular flexibility index (Phi) is 4.67. The maximum atomic E-state index is 6.06. The molecule has 16 heavy (non-hydrogen) atoms. The van der Waals surface area contributed by atoms with Gasteiger partial charge in [-0.3, -0.25) is 0 Å². The Morgan fingerprint density at radius 2 is 2.50 bits per heavy atom. The molecule has 2 nitrogen and oxygen atoms in total. The second-order valence-electron chi connectivity index (χ2n) is 3.92. The summed E-state index contributed by atoms with van der Waals surface area (Å²) in [5.41, 5.74) is 0. The van der Waals surface area contributed by atoms with Crippen LogP contribution in [0.2, 0.25) is 4.34 Å². The van der Waals surface area contributed by atoms with E-state index in [0.717, 1.165) is 34.9 Å². The van der Waals surface area contributed by atoms with E-state index in [2.05, 4.69) is 34.2 Å². The third-order valence-electron chi connectivity index (χ3n) is 2.82. The van der Waals surface area contributed by atoms with Gasteiger partial charge in [0.05, 0.1) is 6.10 Å². The fourth-order valence-electron chi connectivity index (χ4n) is 1.99. The first-order valence-corrected chi connectivity index (χ1v) is 7.48. The van der Waals surface area contributed by atoms with E-state index < -0.39 is 0 Å². The zero-order chi connectivity index (χ0) is 11.5. The fourth-order valence-corrected chi connectivity index (χ4v) is 3.87. The van der Waals surface area contributed by atoms with Crippen LogP contribution in [0.4, 0.5) is 0 Å². The molecular weight excluding hydrogens is 310 g/mol. The van der Waals surface area contributed by atoms with Crippen LogP contribution in [0.15, 0.2) is 10.5 Å². The predicted molar refractivity (Wildman–Crippen MR) is 72.4 cm³/mol. The molecule has 0 amide bonds. The van der Waals surface area contributed by atoms with Gasteiger partial charge in [0.25, 0.3) is 0 Å². The Hall–Kier alpha value is 0.390. The van der Waals surface area contributed by atoms with Gasteiger partial charge >= 0.3 is 0 Å². The lowest BCUT2D eigenvalue weighted by Gasteiger charge is -2.17. The van der Waals surface area contributed by atoms with Gasteiger partial charge in [0, 0.05) is 28.4 Å². The average Bonchev–Trinajstić information content (AvgIpc) is 2.83. The Morgan fingerprint density at radius 3 is 3.12 bits per heavy atom. The van der Waals surface area contributed by atoms with Crippen molar-refractivity contribution in [3.63, 3.8) is 0 Å². The second kappa shape index (κ2) is 5.83. The summed E-state index contributed by atoms with van der Waals surface area (Å²) < 4.78 is 7.60. The quantitative estimate of drug-likeness (QED) is 0.908. The minimum atomic E-state index is 0.216. The number of halogens is 2. The van der Waals surface area contributed by atoms with Crippen molar-refractivity contribution in [2.45, 2.75) is 19.4 Å². The number of rotatable bonds is 4. The zero-order valence-electron chi connectivity index (χ0n) is 9.13. The van der Waals surface area contributed by atoms with Gasteiger partial charge in [0.2, 0.25) is 0 Å². The van der Waals surface area contributed by atoms with Gasteiger partial charge in [0.15, 0.2) is 0 Å². The fraction of sp³-hybridized carbons (Fsp3) is 0.636. The van der Waals surface area contributed by atoms with Gasteiger partial charge in [-0.05, 0) is 35.0 Å². The number of hydrogen-bond acceptors (Lipinski definition) is 3. The van der Waals surface area contributed by atoms with Crippen molar-refractivity contribution in [1.29, 1.82) is 0 Å². The summed E-state index contributed by atoms with van der Waals surface area (Å²) in [5, 5.41) is 3.39. The Balaban J connectivity index is 2.07. The van der Waals surface area contributed by atoms with Crippen molar-refractivity contribution in [3.05, 3.63) is 19.8 Å². The average molecular weight is 325 g/mol. The van der Waals surface area contributed by atoms with E-state index in [-0.39, 0.29) is 6.10 Å². The summed E-state index contributed by atoms with van der Waals surface area (Å²) in [6.07, 6.45) is 1.35. The highest BCUT2D eigenvalue weighted by Crippen LogP contribution is 2.42. The Morgan fingerprint density at radius 1 is 1.69 bits per heavy atom. The van der Waals surface area contributed by atoms with Crippen molar-refractivity contribution < 1.29 is 4.74 Å². The monoisotopic (exact) mass is 323 g/mol. The van der Waals surface area contributed by atoms with Crippen LogP contribution in [0.3, 0.4) is 0 Å². The second-order valence-corrected chi connectivity index (χ2v) is 6.46. The van der Waals surface area contributed by atoms with Crippen LogP contribution in [0.1, 0.15) is 24.3 Å². The van der Waals surface area contributed by atoms with Crippen LogP contribution in [0.5, 0.6) is 0 Å². The van der Waals surface area contributed by atoms with Crippen molar-refractivity contribution >= 4 is 38.9 Å². The van der Waals surface area contributed by atoms with Gasteiger partial charge < -0.3 is 10.1 Å². The normalized spacial score (nSPS) is 25.2. The molecular formula is C11H15BrClNOS. The molecule has 5 heteroatoms. The molecule has 0 saturated carbocycles. The molecule has 1 saturated heterocycles. The molecule has 0 aromatic carbocycles. The van der Waals surface area contributed by atoms with Gasteiger partial charge in [-0.2, -0.15) is 0 Å². The Bertz CT molecular complexity index is 338. The zero-order valence-corrected chi connectivity index (χ0v) is 12.3. The molecule has 0 spiro atoms. The van der Waals surface area contributed by atoms with Crippen LogP contribution in [-0.2, 0) is 4.74 Å². The lowest BCUT2D eigenvalue weighted by Crippen LogP contribution is -2.24. The number of ether oxygens (including phenoxy) is 1. The third kappa shape index (κ3) is 2.79. The highest BCUT2D eigenvalue weighted by molar-refractivity contribution is 9.10. The SMILES string of the molecule is CCNCC1CCOC1c1cc(Br)c(Cl)s1. The molecule has 0 aliphatic carbocycles. The number of hydrogen-bond donors (Lipinski definition) is 1. The molecule has 1 aromatic heterocycles. The van der Waals surface area contributed by atoms with Crippen molar-refractivity contribution in [1.82, 2.24) is 5.32 Å². The van der Waals surface area contributed by atoms with E-state index in [1.807, 2.05) is 0 Å². The molecule has 1 N–H and O–H groups in total. The van der Waals surface area contributed by atoms with Gasteiger partial charge in [-0.25, -0.2) is 0 Å². The van der Waals surface area contributed by atoms with E-state index >= 15 is 0 Å². The van der Waals surface area contributed by atoms with Crippen molar-refractivity contribution in [2.75, 3.05) is 19.7 Å². The molecule has 1 aliphatic rings. The summed E-state index contributed by atoms with van der Waals surface area (Å²) in [6, 6.07) is 2.09. The summed E-state index contributed by atoms with van der Waals surface area (Å²) in [5.74, 6) is 0.571. The lowest BCUT2D eigenvalue weighted by molar-refractivity contribution is 0.0935. The first-order chi connectivity index (χ1) is 7.72. The van der Waals surface area contributed by atoms with Crippen molar-refractivity contribution in [2.24, 2.45) is 5.92 Å². The standard InChI is InChI=1S/C11H15BrClNOS/c1-2-14-6-7-3-4-15-10(7)9-5-8(12)11(13)16-9/h5,7,10,14H,2-4,6H2,1H3. The third-order valence-corrected chi connectivity index (χ3v) is 5.35.